The molecule has 2 fully saturated rings. The Hall–Kier alpha value is -0.900. The molecule has 3 nitrogen and oxygen atoms in total. The number of nitrogens with one attached hydrogen (secondary N) is 1. The van der Waals surface area contributed by atoms with Crippen LogP contribution in [0.15, 0.2) is 24.3 Å². The summed E-state index contributed by atoms with van der Waals surface area (Å²) < 4.78 is 5.23. The molecule has 0 aliphatic carbocycles. The van der Waals surface area contributed by atoms with Crippen molar-refractivity contribution < 1.29 is 4.74 Å². The first-order valence-corrected chi connectivity index (χ1v) is 7.83. The number of hydrogen-bond acceptors (Lipinski definition) is 3. The summed E-state index contributed by atoms with van der Waals surface area (Å²) in [4.78, 5) is 2.70. The lowest BCUT2D eigenvalue weighted by Gasteiger charge is -2.27. The van der Waals surface area contributed by atoms with Crippen LogP contribution < -0.4 is 5.32 Å². The fourth-order valence-electron chi connectivity index (χ4n) is 4.07. The summed E-state index contributed by atoms with van der Waals surface area (Å²) in [5, 5.41) is 3.56. The van der Waals surface area contributed by atoms with Crippen LogP contribution in [0.1, 0.15) is 24.5 Å². The van der Waals surface area contributed by atoms with Gasteiger partial charge in [0.15, 0.2) is 0 Å². The van der Waals surface area contributed by atoms with Crippen molar-refractivity contribution in [3.63, 3.8) is 0 Å². The molecule has 1 N–H and O–H groups in total. The van der Waals surface area contributed by atoms with Crippen LogP contribution in [0.2, 0.25) is 0 Å². The van der Waals surface area contributed by atoms with E-state index in [4.69, 9.17) is 4.74 Å². The van der Waals surface area contributed by atoms with Crippen molar-refractivity contribution in [2.75, 3.05) is 26.7 Å². The SMILES string of the molecule is CCC1C2CNCC2CN1Cc1cccc(COC)c1. The molecule has 0 radical (unpaired) electrons. The van der Waals surface area contributed by atoms with Crippen molar-refractivity contribution in [3.8, 4) is 0 Å². The van der Waals surface area contributed by atoms with Crippen LogP contribution in [-0.2, 0) is 17.9 Å². The summed E-state index contributed by atoms with van der Waals surface area (Å²) in [6.45, 7) is 7.80. The van der Waals surface area contributed by atoms with Gasteiger partial charge in [0, 0.05) is 26.2 Å². The third kappa shape index (κ3) is 2.76. The number of nitrogens with zero attached hydrogens (tertiary/aromatic N) is 1. The molecule has 3 heteroatoms. The standard InChI is InChI=1S/C17H26N2O/c1-3-17-16-9-18-8-15(16)11-19(17)10-13-5-4-6-14(7-13)12-20-2/h4-7,15-18H,3,8-12H2,1-2H3. The minimum absolute atomic E-state index is 0.709. The highest BCUT2D eigenvalue weighted by atomic mass is 16.5. The Kier molecular flexibility index (Phi) is 4.39. The maximum absolute atomic E-state index is 5.23. The number of methoxy groups -OCH3 is 1. The summed E-state index contributed by atoms with van der Waals surface area (Å²) in [7, 11) is 1.76. The zero-order valence-electron chi connectivity index (χ0n) is 12.6. The molecular formula is C17H26N2O. The first-order valence-electron chi connectivity index (χ1n) is 7.83. The van der Waals surface area contributed by atoms with Crippen LogP contribution >= 0.6 is 0 Å². The van der Waals surface area contributed by atoms with Crippen LogP contribution in [0.3, 0.4) is 0 Å². The minimum Gasteiger partial charge on any atom is -0.380 e. The van der Waals surface area contributed by atoms with E-state index in [9.17, 15) is 0 Å². The second kappa shape index (κ2) is 6.25. The molecule has 0 amide bonds. The van der Waals surface area contributed by atoms with Gasteiger partial charge in [0.1, 0.15) is 0 Å². The molecule has 2 heterocycles. The van der Waals surface area contributed by atoms with Crippen molar-refractivity contribution in [2.24, 2.45) is 11.8 Å². The summed E-state index contributed by atoms with van der Waals surface area (Å²) in [5.74, 6) is 1.73. The summed E-state index contributed by atoms with van der Waals surface area (Å²) in [5.41, 5.74) is 2.70. The third-order valence-corrected chi connectivity index (χ3v) is 4.93. The first-order chi connectivity index (χ1) is 9.81. The van der Waals surface area contributed by atoms with Gasteiger partial charge in [0.05, 0.1) is 6.61 Å². The molecule has 0 aromatic heterocycles. The van der Waals surface area contributed by atoms with Crippen LogP contribution in [0.25, 0.3) is 0 Å². The fraction of sp³-hybridized carbons (Fsp3) is 0.647. The molecule has 3 rings (SSSR count). The molecule has 1 aromatic carbocycles. The number of fused-ring (bicyclic) bond motifs is 1. The Morgan fingerprint density at radius 2 is 2.15 bits per heavy atom. The van der Waals surface area contributed by atoms with Gasteiger partial charge in [-0.05, 0) is 42.5 Å². The number of hydrogen-bond donors (Lipinski definition) is 1. The Balaban J connectivity index is 1.69. The van der Waals surface area contributed by atoms with Gasteiger partial charge in [-0.3, -0.25) is 4.90 Å². The molecule has 0 saturated carbocycles. The zero-order valence-corrected chi connectivity index (χ0v) is 12.6. The van der Waals surface area contributed by atoms with Gasteiger partial charge in [-0.1, -0.05) is 31.2 Å². The third-order valence-electron chi connectivity index (χ3n) is 4.93. The molecule has 2 saturated heterocycles. The number of ether oxygens (including phenoxy) is 1. The number of benzene rings is 1. The van der Waals surface area contributed by atoms with Crippen LogP contribution in [0.5, 0.6) is 0 Å². The molecule has 0 spiro atoms. The van der Waals surface area contributed by atoms with E-state index in [1.807, 2.05) is 0 Å². The molecular weight excluding hydrogens is 248 g/mol. The predicted molar refractivity (Wildman–Crippen MR) is 81.5 cm³/mol. The van der Waals surface area contributed by atoms with E-state index < -0.39 is 0 Å². The fourth-order valence-corrected chi connectivity index (χ4v) is 4.07. The molecule has 20 heavy (non-hydrogen) atoms. The molecule has 110 valence electrons. The van der Waals surface area contributed by atoms with Crippen LogP contribution in [-0.4, -0.2) is 37.7 Å². The minimum atomic E-state index is 0.709. The van der Waals surface area contributed by atoms with Crippen molar-refractivity contribution >= 4 is 0 Å². The summed E-state index contributed by atoms with van der Waals surface area (Å²) in [6.07, 6.45) is 1.26. The Bertz CT molecular complexity index is 448. The van der Waals surface area contributed by atoms with E-state index in [0.717, 1.165) is 24.4 Å². The van der Waals surface area contributed by atoms with E-state index in [1.165, 1.54) is 37.2 Å². The average molecular weight is 274 g/mol. The number of likely N-dealkylation sites (tertiary alicyclic amines) is 1. The van der Waals surface area contributed by atoms with Crippen molar-refractivity contribution in [3.05, 3.63) is 35.4 Å². The molecule has 2 aliphatic heterocycles. The lowest BCUT2D eigenvalue weighted by molar-refractivity contribution is 0.184. The van der Waals surface area contributed by atoms with E-state index in [0.29, 0.717) is 6.61 Å². The smallest absolute Gasteiger partial charge is 0.0713 e. The van der Waals surface area contributed by atoms with Crippen molar-refractivity contribution in [1.82, 2.24) is 10.2 Å². The van der Waals surface area contributed by atoms with Crippen molar-refractivity contribution in [2.45, 2.75) is 32.5 Å². The highest BCUT2D eigenvalue weighted by Gasteiger charge is 2.42. The maximum Gasteiger partial charge on any atom is 0.0713 e. The highest BCUT2D eigenvalue weighted by Crippen LogP contribution is 2.35. The Morgan fingerprint density at radius 1 is 1.30 bits per heavy atom. The van der Waals surface area contributed by atoms with Crippen LogP contribution in [0.4, 0.5) is 0 Å². The van der Waals surface area contributed by atoms with Gasteiger partial charge in [-0.25, -0.2) is 0 Å². The quantitative estimate of drug-likeness (QED) is 0.891. The second-order valence-electron chi connectivity index (χ2n) is 6.24. The lowest BCUT2D eigenvalue weighted by Crippen LogP contribution is -2.34. The number of rotatable bonds is 5. The van der Waals surface area contributed by atoms with Gasteiger partial charge in [0.2, 0.25) is 0 Å². The van der Waals surface area contributed by atoms with E-state index >= 15 is 0 Å². The van der Waals surface area contributed by atoms with E-state index in [1.54, 1.807) is 7.11 Å². The van der Waals surface area contributed by atoms with Gasteiger partial charge >= 0.3 is 0 Å². The Morgan fingerprint density at radius 3 is 2.95 bits per heavy atom. The second-order valence-corrected chi connectivity index (χ2v) is 6.24. The average Bonchev–Trinajstić information content (AvgIpc) is 3.00. The monoisotopic (exact) mass is 274 g/mol. The first kappa shape index (κ1) is 14.1. The largest absolute Gasteiger partial charge is 0.380 e. The topological polar surface area (TPSA) is 24.5 Å². The van der Waals surface area contributed by atoms with Gasteiger partial charge in [-0.2, -0.15) is 0 Å². The van der Waals surface area contributed by atoms with E-state index in [2.05, 4.69) is 41.4 Å². The molecule has 1 aromatic rings. The van der Waals surface area contributed by atoms with Gasteiger partial charge in [0.25, 0.3) is 0 Å². The van der Waals surface area contributed by atoms with Gasteiger partial charge in [-0.15, -0.1) is 0 Å². The molecule has 3 atom stereocenters. The van der Waals surface area contributed by atoms with E-state index in [-0.39, 0.29) is 0 Å². The Labute approximate surface area is 122 Å². The zero-order chi connectivity index (χ0) is 13.9. The highest BCUT2D eigenvalue weighted by molar-refractivity contribution is 5.23. The molecule has 0 bridgehead atoms. The predicted octanol–water partition coefficient (Wildman–Crippen LogP) is 2.26. The van der Waals surface area contributed by atoms with Crippen LogP contribution in [0, 0.1) is 11.8 Å². The summed E-state index contributed by atoms with van der Waals surface area (Å²) in [6, 6.07) is 9.60. The molecule has 3 unspecified atom stereocenters. The normalized spacial score (nSPS) is 29.8. The van der Waals surface area contributed by atoms with Crippen molar-refractivity contribution in [1.29, 1.82) is 0 Å². The molecule has 2 aliphatic rings. The summed E-state index contributed by atoms with van der Waals surface area (Å²) >= 11 is 0. The lowest BCUT2D eigenvalue weighted by atomic mass is 9.93. The van der Waals surface area contributed by atoms with Gasteiger partial charge < -0.3 is 10.1 Å². The maximum atomic E-state index is 5.23.